The highest BCUT2D eigenvalue weighted by Gasteiger charge is 2.40. The van der Waals surface area contributed by atoms with Crippen molar-refractivity contribution in [2.75, 3.05) is 5.73 Å². The summed E-state index contributed by atoms with van der Waals surface area (Å²) in [5.41, 5.74) is 6.96. The van der Waals surface area contributed by atoms with Crippen LogP contribution >= 0.6 is 0 Å². The Morgan fingerprint density at radius 1 is 1.22 bits per heavy atom. The van der Waals surface area contributed by atoms with Crippen LogP contribution in [0.2, 0.25) is 0 Å². The zero-order valence-corrected chi connectivity index (χ0v) is 10.9. The first-order valence-electron chi connectivity index (χ1n) is 6.25. The number of fused-ring (bicyclic) bond motifs is 1. The second-order valence-corrected chi connectivity index (χ2v) is 4.88. The van der Waals surface area contributed by atoms with Crippen molar-refractivity contribution < 1.29 is 9.59 Å². The summed E-state index contributed by atoms with van der Waals surface area (Å²) in [5, 5.41) is 0. The van der Waals surface area contributed by atoms with Crippen LogP contribution in [0.1, 0.15) is 47.9 Å². The van der Waals surface area contributed by atoms with Crippen molar-refractivity contribution in [1.29, 1.82) is 0 Å². The molecule has 0 saturated carbocycles. The zero-order valence-electron chi connectivity index (χ0n) is 10.9. The minimum atomic E-state index is -0.263. The molecule has 0 saturated heterocycles. The molecule has 0 aliphatic carbocycles. The molecule has 0 spiro atoms. The molecule has 2 unspecified atom stereocenters. The molecule has 4 nitrogen and oxygen atoms in total. The van der Waals surface area contributed by atoms with Crippen LogP contribution in [0, 0.1) is 5.92 Å². The second kappa shape index (κ2) is 4.44. The molecule has 1 aliphatic heterocycles. The maximum absolute atomic E-state index is 12.3. The fourth-order valence-electron chi connectivity index (χ4n) is 2.30. The molecule has 0 fully saturated rings. The van der Waals surface area contributed by atoms with Crippen molar-refractivity contribution in [3.05, 3.63) is 29.3 Å². The molecule has 1 aromatic carbocycles. The maximum atomic E-state index is 12.3. The molecule has 2 atom stereocenters. The van der Waals surface area contributed by atoms with Gasteiger partial charge in [0.05, 0.1) is 11.1 Å². The monoisotopic (exact) mass is 246 g/mol. The summed E-state index contributed by atoms with van der Waals surface area (Å²) in [6, 6.07) is 4.91. The van der Waals surface area contributed by atoms with Gasteiger partial charge in [0.2, 0.25) is 0 Å². The highest BCUT2D eigenvalue weighted by molar-refractivity contribution is 6.23. The van der Waals surface area contributed by atoms with E-state index < -0.39 is 0 Å². The third-order valence-electron chi connectivity index (χ3n) is 3.85. The lowest BCUT2D eigenvalue weighted by Crippen LogP contribution is -2.41. The van der Waals surface area contributed by atoms with E-state index in [1.807, 2.05) is 20.8 Å². The Hall–Kier alpha value is -1.84. The number of imide groups is 1. The lowest BCUT2D eigenvalue weighted by Gasteiger charge is -2.27. The Morgan fingerprint density at radius 3 is 2.44 bits per heavy atom. The summed E-state index contributed by atoms with van der Waals surface area (Å²) < 4.78 is 0. The van der Waals surface area contributed by atoms with Gasteiger partial charge < -0.3 is 5.73 Å². The predicted octanol–water partition coefficient (Wildman–Crippen LogP) is 2.30. The molecular weight excluding hydrogens is 228 g/mol. The predicted molar refractivity (Wildman–Crippen MR) is 70.3 cm³/mol. The minimum absolute atomic E-state index is 0.109. The third kappa shape index (κ3) is 1.68. The van der Waals surface area contributed by atoms with Crippen LogP contribution in [0.4, 0.5) is 5.69 Å². The van der Waals surface area contributed by atoms with Gasteiger partial charge >= 0.3 is 0 Å². The number of rotatable bonds is 3. The number of nitrogens with two attached hydrogens (primary N) is 1. The maximum Gasteiger partial charge on any atom is 0.263 e. The van der Waals surface area contributed by atoms with Gasteiger partial charge in [-0.05, 0) is 25.0 Å². The fourth-order valence-corrected chi connectivity index (χ4v) is 2.30. The molecule has 1 aliphatic rings. The lowest BCUT2D eigenvalue weighted by atomic mass is 9.99. The van der Waals surface area contributed by atoms with E-state index >= 15 is 0 Å². The van der Waals surface area contributed by atoms with E-state index in [1.165, 1.54) is 4.90 Å². The van der Waals surface area contributed by atoms with E-state index in [2.05, 4.69) is 0 Å². The van der Waals surface area contributed by atoms with E-state index in [0.717, 1.165) is 6.42 Å². The van der Waals surface area contributed by atoms with E-state index in [9.17, 15) is 9.59 Å². The summed E-state index contributed by atoms with van der Waals surface area (Å²) in [6.07, 6.45) is 0.921. The molecule has 2 N–H and O–H groups in total. The van der Waals surface area contributed by atoms with Crippen LogP contribution in [-0.4, -0.2) is 22.8 Å². The first-order valence-corrected chi connectivity index (χ1v) is 6.25. The van der Waals surface area contributed by atoms with Gasteiger partial charge in [0.25, 0.3) is 11.8 Å². The number of nitrogen functional groups attached to an aromatic ring is 1. The Morgan fingerprint density at radius 2 is 1.89 bits per heavy atom. The van der Waals surface area contributed by atoms with E-state index in [1.54, 1.807) is 18.2 Å². The van der Waals surface area contributed by atoms with Crippen molar-refractivity contribution in [2.45, 2.75) is 33.2 Å². The van der Waals surface area contributed by atoms with Gasteiger partial charge in [-0.25, -0.2) is 0 Å². The lowest BCUT2D eigenvalue weighted by molar-refractivity contribution is 0.0550. The summed E-state index contributed by atoms with van der Waals surface area (Å²) in [7, 11) is 0. The van der Waals surface area contributed by atoms with Crippen LogP contribution in [0.15, 0.2) is 18.2 Å². The van der Waals surface area contributed by atoms with Gasteiger partial charge in [-0.3, -0.25) is 14.5 Å². The molecule has 1 heterocycles. The summed E-state index contributed by atoms with van der Waals surface area (Å²) in [4.78, 5) is 25.9. The Balaban J connectivity index is 2.43. The van der Waals surface area contributed by atoms with Crippen LogP contribution in [-0.2, 0) is 0 Å². The highest BCUT2D eigenvalue weighted by Crippen LogP contribution is 2.31. The first kappa shape index (κ1) is 12.6. The number of anilines is 1. The molecule has 1 aromatic rings. The fraction of sp³-hybridized carbons (Fsp3) is 0.429. The highest BCUT2D eigenvalue weighted by atomic mass is 16.2. The average molecular weight is 246 g/mol. The average Bonchev–Trinajstić information content (AvgIpc) is 2.61. The summed E-state index contributed by atoms with van der Waals surface area (Å²) in [5.74, 6) is -0.218. The normalized spacial score (nSPS) is 17.8. The van der Waals surface area contributed by atoms with Crippen molar-refractivity contribution >= 4 is 17.5 Å². The number of hydrogen-bond acceptors (Lipinski definition) is 3. The van der Waals surface area contributed by atoms with Crippen molar-refractivity contribution in [3.63, 3.8) is 0 Å². The molecule has 0 radical (unpaired) electrons. The van der Waals surface area contributed by atoms with Crippen molar-refractivity contribution in [3.8, 4) is 0 Å². The number of carbonyl (C=O) groups excluding carboxylic acids is 2. The van der Waals surface area contributed by atoms with Gasteiger partial charge in [-0.1, -0.05) is 26.3 Å². The van der Waals surface area contributed by atoms with Gasteiger partial charge in [0, 0.05) is 11.7 Å². The van der Waals surface area contributed by atoms with Gasteiger partial charge in [0.15, 0.2) is 0 Å². The molecule has 4 heteroatoms. The van der Waals surface area contributed by atoms with Crippen LogP contribution in [0.25, 0.3) is 0 Å². The largest absolute Gasteiger partial charge is 0.398 e. The molecule has 2 rings (SSSR count). The SMILES string of the molecule is CCC(C)C(C)N1C(=O)c2cccc(N)c2C1=O. The molecule has 2 amide bonds. The smallest absolute Gasteiger partial charge is 0.263 e. The minimum Gasteiger partial charge on any atom is -0.398 e. The number of carbonyl (C=O) groups is 2. The number of hydrogen-bond donors (Lipinski definition) is 1. The van der Waals surface area contributed by atoms with E-state index in [-0.39, 0.29) is 23.8 Å². The molecular formula is C14H18N2O2. The Bertz CT molecular complexity index is 511. The quantitative estimate of drug-likeness (QED) is 0.657. The standard InChI is InChI=1S/C14H18N2O2/c1-4-8(2)9(3)16-13(17)10-6-5-7-11(15)12(10)14(16)18/h5-9H,4,15H2,1-3H3. The van der Waals surface area contributed by atoms with Gasteiger partial charge in [-0.15, -0.1) is 0 Å². The van der Waals surface area contributed by atoms with Crippen LogP contribution in [0.3, 0.4) is 0 Å². The van der Waals surface area contributed by atoms with Crippen molar-refractivity contribution in [2.24, 2.45) is 5.92 Å². The molecule has 96 valence electrons. The van der Waals surface area contributed by atoms with E-state index in [4.69, 9.17) is 5.73 Å². The molecule has 18 heavy (non-hydrogen) atoms. The molecule has 0 bridgehead atoms. The first-order chi connectivity index (χ1) is 8.49. The number of nitrogens with zero attached hydrogens (tertiary/aromatic N) is 1. The van der Waals surface area contributed by atoms with Gasteiger partial charge in [-0.2, -0.15) is 0 Å². The Kier molecular flexibility index (Phi) is 3.11. The summed E-state index contributed by atoms with van der Waals surface area (Å²) in [6.45, 7) is 6.00. The summed E-state index contributed by atoms with van der Waals surface area (Å²) >= 11 is 0. The zero-order chi connectivity index (χ0) is 13.4. The topological polar surface area (TPSA) is 63.4 Å². The number of benzene rings is 1. The third-order valence-corrected chi connectivity index (χ3v) is 3.85. The van der Waals surface area contributed by atoms with Crippen LogP contribution < -0.4 is 5.73 Å². The second-order valence-electron chi connectivity index (χ2n) is 4.88. The number of amides is 2. The van der Waals surface area contributed by atoms with Crippen molar-refractivity contribution in [1.82, 2.24) is 4.90 Å². The molecule has 0 aromatic heterocycles. The van der Waals surface area contributed by atoms with Gasteiger partial charge in [0.1, 0.15) is 0 Å². The van der Waals surface area contributed by atoms with Crippen LogP contribution in [0.5, 0.6) is 0 Å². The Labute approximate surface area is 107 Å². The van der Waals surface area contributed by atoms with E-state index in [0.29, 0.717) is 16.8 Å².